The Morgan fingerprint density at radius 1 is 1.21 bits per heavy atom. The number of hydrogen-bond donors (Lipinski definition) is 2. The molecule has 1 aliphatic rings. The second kappa shape index (κ2) is 3.44. The minimum Gasteiger partial charge on any atom is -0.478 e. The molecule has 0 saturated carbocycles. The number of carbonyl (C=O) groups is 2. The second-order valence-corrected chi connectivity index (χ2v) is 4.20. The van der Waals surface area contributed by atoms with Crippen LogP contribution in [-0.4, -0.2) is 22.2 Å². The lowest BCUT2D eigenvalue weighted by molar-refractivity contribution is -0.137. The molecule has 0 radical (unpaired) electrons. The summed E-state index contributed by atoms with van der Waals surface area (Å²) in [7, 11) is 0. The molecule has 4 nitrogen and oxygen atoms in total. The normalized spacial score (nSPS) is 20.7. The van der Waals surface area contributed by atoms with Crippen molar-refractivity contribution in [3.63, 3.8) is 0 Å². The predicted octanol–water partition coefficient (Wildman–Crippen LogP) is 1.66. The maximum Gasteiger partial charge on any atom is 0.332 e. The third-order valence-electron chi connectivity index (χ3n) is 2.68. The SMILES string of the molecule is CC1(C)CCCC(C(=O)O)=C1C(=O)O. The molecule has 0 heterocycles. The first-order chi connectivity index (χ1) is 6.36. The van der Waals surface area contributed by atoms with Gasteiger partial charge in [0.25, 0.3) is 0 Å². The Balaban J connectivity index is 3.27. The fourth-order valence-electron chi connectivity index (χ4n) is 2.00. The van der Waals surface area contributed by atoms with Crippen LogP contribution in [-0.2, 0) is 9.59 Å². The van der Waals surface area contributed by atoms with Crippen molar-refractivity contribution in [2.24, 2.45) is 5.41 Å². The highest BCUT2D eigenvalue weighted by Gasteiger charge is 2.36. The van der Waals surface area contributed by atoms with Gasteiger partial charge in [-0.15, -0.1) is 0 Å². The molecule has 0 atom stereocenters. The fraction of sp³-hybridized carbons (Fsp3) is 0.600. The van der Waals surface area contributed by atoms with E-state index in [-0.39, 0.29) is 11.1 Å². The summed E-state index contributed by atoms with van der Waals surface area (Å²) in [6.07, 6.45) is 1.83. The molecule has 0 aromatic rings. The van der Waals surface area contributed by atoms with Gasteiger partial charge in [-0.05, 0) is 24.7 Å². The maximum atomic E-state index is 11.0. The smallest absolute Gasteiger partial charge is 0.332 e. The topological polar surface area (TPSA) is 74.6 Å². The summed E-state index contributed by atoms with van der Waals surface area (Å²) in [5.74, 6) is -2.21. The van der Waals surface area contributed by atoms with Crippen molar-refractivity contribution in [1.29, 1.82) is 0 Å². The summed E-state index contributed by atoms with van der Waals surface area (Å²) in [5, 5.41) is 17.8. The van der Waals surface area contributed by atoms with Crippen molar-refractivity contribution in [1.82, 2.24) is 0 Å². The van der Waals surface area contributed by atoms with E-state index < -0.39 is 17.4 Å². The van der Waals surface area contributed by atoms with Crippen LogP contribution in [0.5, 0.6) is 0 Å². The van der Waals surface area contributed by atoms with Gasteiger partial charge in [-0.25, -0.2) is 9.59 Å². The molecule has 0 spiro atoms. The molecule has 14 heavy (non-hydrogen) atoms. The standard InChI is InChI=1S/C10H14O4/c1-10(2)5-3-4-6(8(11)12)7(10)9(13)14/h3-5H2,1-2H3,(H,11,12)(H,13,14). The molecule has 0 aromatic carbocycles. The van der Waals surface area contributed by atoms with Crippen LogP contribution < -0.4 is 0 Å². The average Bonchev–Trinajstić information content (AvgIpc) is 2.00. The van der Waals surface area contributed by atoms with E-state index in [0.29, 0.717) is 6.42 Å². The monoisotopic (exact) mass is 198 g/mol. The van der Waals surface area contributed by atoms with Gasteiger partial charge in [0.05, 0.1) is 5.57 Å². The molecule has 0 amide bonds. The molecule has 0 fully saturated rings. The van der Waals surface area contributed by atoms with Crippen molar-refractivity contribution in [3.05, 3.63) is 11.1 Å². The first kappa shape index (κ1) is 10.8. The van der Waals surface area contributed by atoms with Crippen LogP contribution in [0.4, 0.5) is 0 Å². The number of carboxylic acids is 2. The summed E-state index contributed by atoms with van der Waals surface area (Å²) < 4.78 is 0. The van der Waals surface area contributed by atoms with E-state index in [4.69, 9.17) is 10.2 Å². The Kier molecular flexibility index (Phi) is 2.64. The van der Waals surface area contributed by atoms with Crippen molar-refractivity contribution in [2.45, 2.75) is 33.1 Å². The zero-order chi connectivity index (χ0) is 10.9. The molecule has 0 bridgehead atoms. The summed E-state index contributed by atoms with van der Waals surface area (Å²) in [6, 6.07) is 0. The Bertz CT molecular complexity index is 312. The van der Waals surface area contributed by atoms with Crippen LogP contribution in [0, 0.1) is 5.41 Å². The van der Waals surface area contributed by atoms with Crippen LogP contribution in [0.1, 0.15) is 33.1 Å². The lowest BCUT2D eigenvalue weighted by Crippen LogP contribution is -2.28. The Hall–Kier alpha value is -1.32. The molecular formula is C10H14O4. The maximum absolute atomic E-state index is 11.0. The van der Waals surface area contributed by atoms with Gasteiger partial charge >= 0.3 is 11.9 Å². The molecule has 0 aliphatic heterocycles. The number of carboxylic acid groups (broad SMARTS) is 2. The number of hydrogen-bond acceptors (Lipinski definition) is 2. The van der Waals surface area contributed by atoms with Crippen LogP contribution in [0.2, 0.25) is 0 Å². The molecular weight excluding hydrogens is 184 g/mol. The summed E-state index contributed by atoms with van der Waals surface area (Å²) in [6.45, 7) is 3.55. The molecule has 4 heteroatoms. The van der Waals surface area contributed by atoms with Crippen LogP contribution >= 0.6 is 0 Å². The predicted molar refractivity (Wildman–Crippen MR) is 49.9 cm³/mol. The van der Waals surface area contributed by atoms with Gasteiger partial charge in [-0.3, -0.25) is 0 Å². The zero-order valence-corrected chi connectivity index (χ0v) is 8.33. The van der Waals surface area contributed by atoms with Crippen LogP contribution in [0.15, 0.2) is 11.1 Å². The molecule has 78 valence electrons. The van der Waals surface area contributed by atoms with E-state index in [1.165, 1.54) is 0 Å². The van der Waals surface area contributed by atoms with E-state index in [1.54, 1.807) is 13.8 Å². The van der Waals surface area contributed by atoms with Crippen LogP contribution in [0.3, 0.4) is 0 Å². The summed E-state index contributed by atoms with van der Waals surface area (Å²) in [5.41, 5.74) is -0.400. The van der Waals surface area contributed by atoms with Gasteiger partial charge in [-0.2, -0.15) is 0 Å². The first-order valence-electron chi connectivity index (χ1n) is 4.56. The van der Waals surface area contributed by atoms with Gasteiger partial charge < -0.3 is 10.2 Å². The Morgan fingerprint density at radius 3 is 2.14 bits per heavy atom. The highest BCUT2D eigenvalue weighted by molar-refractivity contribution is 6.00. The van der Waals surface area contributed by atoms with E-state index in [9.17, 15) is 9.59 Å². The van der Waals surface area contributed by atoms with Gasteiger partial charge in [0.15, 0.2) is 0 Å². The molecule has 2 N–H and O–H groups in total. The molecule has 0 saturated heterocycles. The van der Waals surface area contributed by atoms with Crippen molar-refractivity contribution >= 4 is 11.9 Å². The van der Waals surface area contributed by atoms with E-state index in [1.807, 2.05) is 0 Å². The summed E-state index contributed by atoms with van der Waals surface area (Å²) in [4.78, 5) is 21.8. The van der Waals surface area contributed by atoms with Crippen molar-refractivity contribution in [3.8, 4) is 0 Å². The van der Waals surface area contributed by atoms with E-state index in [2.05, 4.69) is 0 Å². The van der Waals surface area contributed by atoms with Gasteiger partial charge in [-0.1, -0.05) is 13.8 Å². The van der Waals surface area contributed by atoms with Crippen molar-refractivity contribution < 1.29 is 19.8 Å². The fourth-order valence-corrected chi connectivity index (χ4v) is 2.00. The average molecular weight is 198 g/mol. The highest BCUT2D eigenvalue weighted by Crippen LogP contribution is 2.40. The lowest BCUT2D eigenvalue weighted by atomic mass is 9.72. The van der Waals surface area contributed by atoms with Gasteiger partial charge in [0.1, 0.15) is 0 Å². The molecule has 1 aliphatic carbocycles. The quantitative estimate of drug-likeness (QED) is 0.707. The Morgan fingerprint density at radius 2 is 1.79 bits per heavy atom. The van der Waals surface area contributed by atoms with E-state index in [0.717, 1.165) is 12.8 Å². The number of aliphatic carboxylic acids is 2. The van der Waals surface area contributed by atoms with Gasteiger partial charge in [0.2, 0.25) is 0 Å². The zero-order valence-electron chi connectivity index (χ0n) is 8.33. The minimum absolute atomic E-state index is 0.0637. The molecule has 1 rings (SSSR count). The highest BCUT2D eigenvalue weighted by atomic mass is 16.4. The Labute approximate surface area is 82.2 Å². The van der Waals surface area contributed by atoms with Gasteiger partial charge in [0, 0.05) is 5.57 Å². The third kappa shape index (κ3) is 1.78. The third-order valence-corrected chi connectivity index (χ3v) is 2.68. The second-order valence-electron chi connectivity index (χ2n) is 4.20. The first-order valence-corrected chi connectivity index (χ1v) is 4.56. The molecule has 0 unspecified atom stereocenters. The number of rotatable bonds is 2. The van der Waals surface area contributed by atoms with E-state index >= 15 is 0 Å². The summed E-state index contributed by atoms with van der Waals surface area (Å²) >= 11 is 0. The lowest BCUT2D eigenvalue weighted by Gasteiger charge is -2.31. The minimum atomic E-state index is -1.10. The molecule has 0 aromatic heterocycles. The van der Waals surface area contributed by atoms with Crippen LogP contribution in [0.25, 0.3) is 0 Å². The largest absolute Gasteiger partial charge is 0.478 e. The van der Waals surface area contributed by atoms with Crippen molar-refractivity contribution in [2.75, 3.05) is 0 Å².